The molecule has 1 N–H and O–H groups in total. The average molecular weight is 406 g/mol. The van der Waals surface area contributed by atoms with Crippen molar-refractivity contribution in [2.75, 3.05) is 19.0 Å². The Hall–Kier alpha value is -4.20. The van der Waals surface area contributed by atoms with Gasteiger partial charge in [-0.3, -0.25) is 19.7 Å². The van der Waals surface area contributed by atoms with Crippen LogP contribution in [0.4, 0.5) is 11.4 Å². The Balaban J connectivity index is 1.58. The maximum Gasteiger partial charge on any atom is 0.270 e. The maximum absolute atomic E-state index is 12.3. The summed E-state index contributed by atoms with van der Waals surface area (Å²) >= 11 is 0. The van der Waals surface area contributed by atoms with Gasteiger partial charge in [-0.15, -0.1) is 0 Å². The number of hydrogen-bond donors (Lipinski definition) is 1. The fourth-order valence-electron chi connectivity index (χ4n) is 2.63. The number of non-ortho nitro benzene ring substituents is 1. The molecule has 30 heavy (non-hydrogen) atoms. The maximum atomic E-state index is 12.3. The first-order valence-electron chi connectivity index (χ1n) is 8.92. The Bertz CT molecular complexity index is 1080. The number of anilines is 1. The molecule has 3 rings (SSSR count). The zero-order valence-corrected chi connectivity index (χ0v) is 16.0. The van der Waals surface area contributed by atoms with E-state index in [4.69, 9.17) is 9.47 Å². The van der Waals surface area contributed by atoms with Crippen LogP contribution in [0.3, 0.4) is 0 Å². The molecule has 3 aromatic carbocycles. The van der Waals surface area contributed by atoms with Gasteiger partial charge in [0.1, 0.15) is 11.5 Å². The van der Waals surface area contributed by atoms with Crippen LogP contribution >= 0.6 is 0 Å². The van der Waals surface area contributed by atoms with Crippen LogP contribution < -0.4 is 14.8 Å². The minimum Gasteiger partial charge on any atom is -0.497 e. The number of nitrogens with one attached hydrogen (secondary N) is 1. The zero-order chi connectivity index (χ0) is 21.5. The lowest BCUT2D eigenvalue weighted by Gasteiger charge is -2.09. The number of nitrogens with zero attached hydrogens (tertiary/aromatic N) is 1. The SMILES string of the molecule is COc1cccc(C(=O)COc2ccc(NC(=O)c3cccc([N+](=O)[O-])c3)cc2)c1. The molecule has 0 saturated heterocycles. The molecule has 0 aliphatic heterocycles. The standard InChI is InChI=1S/C22H18N2O6/c1-29-20-7-3-4-15(13-20)21(25)14-30-19-10-8-17(9-11-19)23-22(26)16-5-2-6-18(12-16)24(27)28/h2-13H,14H2,1H3,(H,23,26). The number of ether oxygens (including phenoxy) is 2. The first-order valence-corrected chi connectivity index (χ1v) is 8.92. The van der Waals surface area contributed by atoms with Gasteiger partial charge in [0.2, 0.25) is 0 Å². The summed E-state index contributed by atoms with van der Waals surface area (Å²) in [4.78, 5) is 34.8. The number of carbonyl (C=O) groups is 2. The van der Waals surface area contributed by atoms with Gasteiger partial charge in [0.15, 0.2) is 12.4 Å². The third kappa shape index (κ3) is 5.20. The number of Topliss-reactive ketones (excluding diaryl/α,β-unsaturated/α-hetero) is 1. The molecule has 0 fully saturated rings. The van der Waals surface area contributed by atoms with E-state index in [1.54, 1.807) is 48.5 Å². The van der Waals surface area contributed by atoms with E-state index in [1.165, 1.54) is 31.4 Å². The molecule has 0 spiro atoms. The summed E-state index contributed by atoms with van der Waals surface area (Å²) in [5.41, 5.74) is 0.980. The predicted octanol–water partition coefficient (Wildman–Crippen LogP) is 4.12. The van der Waals surface area contributed by atoms with Gasteiger partial charge in [-0.1, -0.05) is 18.2 Å². The van der Waals surface area contributed by atoms with Crippen molar-refractivity contribution in [3.63, 3.8) is 0 Å². The predicted molar refractivity (Wildman–Crippen MR) is 110 cm³/mol. The molecule has 1 amide bonds. The summed E-state index contributed by atoms with van der Waals surface area (Å²) in [6.45, 7) is -0.146. The minimum absolute atomic E-state index is 0.146. The van der Waals surface area contributed by atoms with Gasteiger partial charge in [0, 0.05) is 28.9 Å². The van der Waals surface area contributed by atoms with Crippen LogP contribution in [0.25, 0.3) is 0 Å². The normalized spacial score (nSPS) is 10.2. The first kappa shape index (κ1) is 20.5. The Morgan fingerprint density at radius 3 is 2.33 bits per heavy atom. The number of amides is 1. The molecular formula is C22H18N2O6. The molecule has 0 aromatic heterocycles. The molecule has 0 aliphatic carbocycles. The van der Waals surface area contributed by atoms with Crippen molar-refractivity contribution < 1.29 is 24.0 Å². The number of nitro benzene ring substituents is 1. The van der Waals surface area contributed by atoms with Gasteiger partial charge < -0.3 is 14.8 Å². The van der Waals surface area contributed by atoms with Crippen molar-refractivity contribution in [2.45, 2.75) is 0 Å². The molecule has 0 saturated carbocycles. The second-order valence-electron chi connectivity index (χ2n) is 6.23. The number of hydrogen-bond acceptors (Lipinski definition) is 6. The van der Waals surface area contributed by atoms with E-state index in [0.29, 0.717) is 22.7 Å². The minimum atomic E-state index is -0.560. The third-order valence-corrected chi connectivity index (χ3v) is 4.19. The van der Waals surface area contributed by atoms with Crippen LogP contribution in [0.2, 0.25) is 0 Å². The van der Waals surface area contributed by atoms with Crippen LogP contribution in [-0.4, -0.2) is 30.3 Å². The molecule has 8 nitrogen and oxygen atoms in total. The van der Waals surface area contributed by atoms with Crippen LogP contribution in [0.5, 0.6) is 11.5 Å². The Morgan fingerprint density at radius 1 is 0.933 bits per heavy atom. The van der Waals surface area contributed by atoms with E-state index >= 15 is 0 Å². The Labute approximate surface area is 172 Å². The number of carbonyl (C=O) groups excluding carboxylic acids is 2. The van der Waals surface area contributed by atoms with E-state index in [2.05, 4.69) is 5.32 Å². The molecule has 8 heteroatoms. The highest BCUT2D eigenvalue weighted by Gasteiger charge is 2.12. The quantitative estimate of drug-likeness (QED) is 0.343. The highest BCUT2D eigenvalue weighted by atomic mass is 16.6. The lowest BCUT2D eigenvalue weighted by Crippen LogP contribution is -2.13. The summed E-state index contributed by atoms with van der Waals surface area (Å²) in [7, 11) is 1.53. The second-order valence-corrected chi connectivity index (χ2v) is 6.23. The van der Waals surface area contributed by atoms with E-state index in [-0.39, 0.29) is 23.6 Å². The van der Waals surface area contributed by atoms with E-state index in [0.717, 1.165) is 0 Å². The fraction of sp³-hybridized carbons (Fsp3) is 0.0909. The summed E-state index contributed by atoms with van der Waals surface area (Å²) in [6.07, 6.45) is 0. The number of rotatable bonds is 8. The Morgan fingerprint density at radius 2 is 1.63 bits per heavy atom. The molecule has 0 aliphatic rings. The molecule has 152 valence electrons. The monoisotopic (exact) mass is 406 g/mol. The largest absolute Gasteiger partial charge is 0.497 e. The van der Waals surface area contributed by atoms with Gasteiger partial charge in [0.05, 0.1) is 12.0 Å². The molecule has 0 bridgehead atoms. The topological polar surface area (TPSA) is 108 Å². The smallest absolute Gasteiger partial charge is 0.270 e. The number of methoxy groups -OCH3 is 1. The molecular weight excluding hydrogens is 388 g/mol. The van der Waals surface area contributed by atoms with Crippen LogP contribution in [0.1, 0.15) is 20.7 Å². The van der Waals surface area contributed by atoms with Crippen molar-refractivity contribution >= 4 is 23.1 Å². The van der Waals surface area contributed by atoms with Crippen LogP contribution in [-0.2, 0) is 0 Å². The first-order chi connectivity index (χ1) is 14.5. The van der Waals surface area contributed by atoms with Crippen molar-refractivity contribution in [1.82, 2.24) is 0 Å². The van der Waals surface area contributed by atoms with Gasteiger partial charge in [0.25, 0.3) is 11.6 Å². The number of nitro groups is 1. The van der Waals surface area contributed by atoms with E-state index < -0.39 is 10.8 Å². The summed E-state index contributed by atoms with van der Waals surface area (Å²) < 4.78 is 10.6. The lowest BCUT2D eigenvalue weighted by atomic mass is 10.1. The molecule has 0 radical (unpaired) electrons. The summed E-state index contributed by atoms with van der Waals surface area (Å²) in [5.74, 6) is 0.377. The highest BCUT2D eigenvalue weighted by Crippen LogP contribution is 2.19. The second kappa shape index (κ2) is 9.33. The average Bonchev–Trinajstić information content (AvgIpc) is 2.78. The van der Waals surface area contributed by atoms with Crippen molar-refractivity contribution in [3.8, 4) is 11.5 Å². The lowest BCUT2D eigenvalue weighted by molar-refractivity contribution is -0.384. The van der Waals surface area contributed by atoms with Gasteiger partial charge in [-0.2, -0.15) is 0 Å². The van der Waals surface area contributed by atoms with Crippen molar-refractivity contribution in [2.24, 2.45) is 0 Å². The number of ketones is 1. The van der Waals surface area contributed by atoms with Gasteiger partial charge in [-0.25, -0.2) is 0 Å². The number of benzene rings is 3. The van der Waals surface area contributed by atoms with E-state index in [1.807, 2.05) is 0 Å². The molecule has 3 aromatic rings. The van der Waals surface area contributed by atoms with Crippen molar-refractivity contribution in [3.05, 3.63) is 94.0 Å². The van der Waals surface area contributed by atoms with Crippen LogP contribution in [0.15, 0.2) is 72.8 Å². The Kier molecular flexibility index (Phi) is 6.39. The van der Waals surface area contributed by atoms with Gasteiger partial charge >= 0.3 is 0 Å². The molecule has 0 atom stereocenters. The summed E-state index contributed by atoms with van der Waals surface area (Å²) in [5, 5.41) is 13.5. The summed E-state index contributed by atoms with van der Waals surface area (Å²) in [6, 6.07) is 18.7. The van der Waals surface area contributed by atoms with Gasteiger partial charge in [-0.05, 0) is 42.5 Å². The fourth-order valence-corrected chi connectivity index (χ4v) is 2.63. The van der Waals surface area contributed by atoms with Crippen molar-refractivity contribution in [1.29, 1.82) is 0 Å². The zero-order valence-electron chi connectivity index (χ0n) is 16.0. The van der Waals surface area contributed by atoms with Crippen LogP contribution in [0, 0.1) is 10.1 Å². The molecule has 0 unspecified atom stereocenters. The highest BCUT2D eigenvalue weighted by molar-refractivity contribution is 6.04. The third-order valence-electron chi connectivity index (χ3n) is 4.19. The molecule has 0 heterocycles. The van der Waals surface area contributed by atoms with E-state index in [9.17, 15) is 19.7 Å².